The van der Waals surface area contributed by atoms with E-state index in [-0.39, 0.29) is 0 Å². The van der Waals surface area contributed by atoms with Crippen LogP contribution in [0.5, 0.6) is 0 Å². The van der Waals surface area contributed by atoms with E-state index in [4.69, 9.17) is 25.4 Å². The van der Waals surface area contributed by atoms with E-state index in [0.717, 1.165) is 29.1 Å². The second kappa shape index (κ2) is 7.11. The molecule has 0 aliphatic carbocycles. The van der Waals surface area contributed by atoms with Crippen LogP contribution in [0.25, 0.3) is 0 Å². The lowest BCUT2D eigenvalue weighted by Gasteiger charge is -2.20. The molecule has 7 heteroatoms. The second-order valence-corrected chi connectivity index (χ2v) is 8.30. The fourth-order valence-electron chi connectivity index (χ4n) is 1.64. The normalized spacial score (nSPS) is 22.3. The molecule has 0 radical (unpaired) electrons. The third-order valence-electron chi connectivity index (χ3n) is 2.45. The number of hydrogen-bond acceptors (Lipinski definition) is 5. The molecule has 2 unspecified atom stereocenters. The highest BCUT2D eigenvalue weighted by Gasteiger charge is 2.32. The predicted molar refractivity (Wildman–Crippen MR) is 76.6 cm³/mol. The summed E-state index contributed by atoms with van der Waals surface area (Å²) in [6, 6.07) is 7.06. The van der Waals surface area contributed by atoms with Crippen molar-refractivity contribution < 1.29 is 18.3 Å². The molecule has 0 aromatic heterocycles. The molecule has 1 aliphatic rings. The monoisotopic (exact) mass is 322 g/mol. The van der Waals surface area contributed by atoms with Crippen molar-refractivity contribution in [3.8, 4) is 0 Å². The average Bonchev–Trinajstić information content (AvgIpc) is 2.85. The number of ether oxygens (including phenoxy) is 1. The SMILES string of the molecule is CCOP(=O)(OC1CCCO1)Sc1ccc(Cl)cc1. The molecule has 0 saturated carbocycles. The van der Waals surface area contributed by atoms with E-state index in [0.29, 0.717) is 18.2 Å². The molecule has 0 bridgehead atoms. The van der Waals surface area contributed by atoms with Gasteiger partial charge in [-0.05, 0) is 49.0 Å². The summed E-state index contributed by atoms with van der Waals surface area (Å²) >= 11 is 6.90. The van der Waals surface area contributed by atoms with Gasteiger partial charge in [-0.2, -0.15) is 0 Å². The second-order valence-electron chi connectivity index (χ2n) is 3.96. The molecule has 0 amide bonds. The van der Waals surface area contributed by atoms with Crippen molar-refractivity contribution in [2.24, 2.45) is 0 Å². The van der Waals surface area contributed by atoms with Crippen molar-refractivity contribution in [3.63, 3.8) is 0 Å². The van der Waals surface area contributed by atoms with Crippen LogP contribution in [0, 0.1) is 0 Å². The van der Waals surface area contributed by atoms with Gasteiger partial charge in [0.1, 0.15) is 0 Å². The standard InChI is InChI=1S/C12H16ClO4PS/c1-2-16-18(14,17-12-4-3-9-15-12)19-11-7-5-10(13)6-8-11/h5-8,12H,2-4,9H2,1H3. The molecule has 0 N–H and O–H groups in total. The fourth-order valence-corrected chi connectivity index (χ4v) is 5.24. The largest absolute Gasteiger partial charge is 0.396 e. The Morgan fingerprint density at radius 2 is 2.21 bits per heavy atom. The van der Waals surface area contributed by atoms with Crippen LogP contribution in [0.1, 0.15) is 19.8 Å². The zero-order valence-corrected chi connectivity index (χ0v) is 13.0. The summed E-state index contributed by atoms with van der Waals surface area (Å²) in [7, 11) is 0. The van der Waals surface area contributed by atoms with Crippen LogP contribution in [-0.2, 0) is 18.3 Å². The van der Waals surface area contributed by atoms with E-state index in [2.05, 4.69) is 0 Å². The molecule has 1 saturated heterocycles. The Labute approximate surface area is 122 Å². The highest BCUT2D eigenvalue weighted by atomic mass is 35.5. The first kappa shape index (κ1) is 15.4. The Hall–Kier alpha value is -0.0300. The minimum Gasteiger partial charge on any atom is -0.352 e. The van der Waals surface area contributed by atoms with Gasteiger partial charge in [-0.25, -0.2) is 4.57 Å². The van der Waals surface area contributed by atoms with Crippen LogP contribution in [0.2, 0.25) is 5.02 Å². The van der Waals surface area contributed by atoms with Crippen LogP contribution < -0.4 is 0 Å². The first-order valence-electron chi connectivity index (χ1n) is 6.11. The van der Waals surface area contributed by atoms with Gasteiger partial charge in [-0.15, -0.1) is 0 Å². The third-order valence-corrected chi connectivity index (χ3v) is 6.36. The van der Waals surface area contributed by atoms with Crippen molar-refractivity contribution in [1.82, 2.24) is 0 Å². The summed E-state index contributed by atoms with van der Waals surface area (Å²) in [5, 5.41) is 0.635. The lowest BCUT2D eigenvalue weighted by molar-refractivity contribution is -0.0441. The molecule has 0 spiro atoms. The molecule has 106 valence electrons. The Bertz CT molecular complexity index is 448. The number of halogens is 1. The van der Waals surface area contributed by atoms with Crippen molar-refractivity contribution >= 4 is 29.8 Å². The molecule has 2 atom stereocenters. The first-order valence-corrected chi connectivity index (χ1v) is 9.45. The van der Waals surface area contributed by atoms with E-state index in [9.17, 15) is 4.57 Å². The van der Waals surface area contributed by atoms with Crippen molar-refractivity contribution in [3.05, 3.63) is 29.3 Å². The van der Waals surface area contributed by atoms with E-state index >= 15 is 0 Å². The molecule has 2 rings (SSSR count). The maximum Gasteiger partial charge on any atom is 0.396 e. The van der Waals surface area contributed by atoms with Gasteiger partial charge in [0.25, 0.3) is 0 Å². The fraction of sp³-hybridized carbons (Fsp3) is 0.500. The number of hydrogen-bond donors (Lipinski definition) is 0. The topological polar surface area (TPSA) is 44.8 Å². The molecular formula is C12H16ClO4PS. The highest BCUT2D eigenvalue weighted by Crippen LogP contribution is 2.64. The third kappa shape index (κ3) is 4.78. The van der Waals surface area contributed by atoms with E-state index in [1.807, 2.05) is 0 Å². The van der Waals surface area contributed by atoms with Gasteiger partial charge in [0.15, 0.2) is 6.29 Å². The minimum absolute atomic E-state index is 0.324. The van der Waals surface area contributed by atoms with E-state index in [1.165, 1.54) is 0 Å². The van der Waals surface area contributed by atoms with Crippen LogP contribution in [0.4, 0.5) is 0 Å². The van der Waals surface area contributed by atoms with Gasteiger partial charge >= 0.3 is 6.80 Å². The molecule has 1 aliphatic heterocycles. The van der Waals surface area contributed by atoms with Crippen molar-refractivity contribution in [2.45, 2.75) is 31.0 Å². The van der Waals surface area contributed by atoms with Crippen LogP contribution in [0.3, 0.4) is 0 Å². The van der Waals surface area contributed by atoms with Gasteiger partial charge < -0.3 is 9.26 Å². The zero-order chi connectivity index (χ0) is 13.7. The molecule has 1 aromatic rings. The summed E-state index contributed by atoms with van der Waals surface area (Å²) in [4.78, 5) is 0.791. The molecule has 4 nitrogen and oxygen atoms in total. The lowest BCUT2D eigenvalue weighted by Crippen LogP contribution is -2.08. The zero-order valence-electron chi connectivity index (χ0n) is 10.6. The molecule has 19 heavy (non-hydrogen) atoms. The maximum atomic E-state index is 12.6. The van der Waals surface area contributed by atoms with Gasteiger partial charge in [-0.1, -0.05) is 11.6 Å². The Balaban J connectivity index is 2.04. The van der Waals surface area contributed by atoms with Gasteiger partial charge in [0.05, 0.1) is 6.61 Å². The first-order chi connectivity index (χ1) is 9.11. The Morgan fingerprint density at radius 1 is 1.47 bits per heavy atom. The van der Waals surface area contributed by atoms with Gasteiger partial charge in [0.2, 0.25) is 0 Å². The van der Waals surface area contributed by atoms with Crippen LogP contribution in [0.15, 0.2) is 29.2 Å². The lowest BCUT2D eigenvalue weighted by atomic mass is 10.4. The summed E-state index contributed by atoms with van der Waals surface area (Å²) in [5.41, 5.74) is 0. The highest BCUT2D eigenvalue weighted by molar-refractivity contribution is 8.55. The van der Waals surface area contributed by atoms with E-state index in [1.54, 1.807) is 31.2 Å². The smallest absolute Gasteiger partial charge is 0.352 e. The summed E-state index contributed by atoms with van der Waals surface area (Å²) in [5.74, 6) is 0. The summed E-state index contributed by atoms with van der Waals surface area (Å²) in [6.45, 7) is -0.506. The van der Waals surface area contributed by atoms with Crippen LogP contribution >= 0.6 is 29.8 Å². The number of rotatable bonds is 6. The van der Waals surface area contributed by atoms with Gasteiger partial charge in [-0.3, -0.25) is 4.52 Å². The Kier molecular flexibility index (Phi) is 5.75. The maximum absolute atomic E-state index is 12.6. The average molecular weight is 323 g/mol. The Morgan fingerprint density at radius 3 is 2.79 bits per heavy atom. The molecule has 1 aromatic carbocycles. The molecular weight excluding hydrogens is 307 g/mol. The molecule has 1 heterocycles. The van der Waals surface area contributed by atoms with Crippen molar-refractivity contribution in [2.75, 3.05) is 13.2 Å². The molecule has 1 fully saturated rings. The van der Waals surface area contributed by atoms with Gasteiger partial charge in [0, 0.05) is 22.9 Å². The van der Waals surface area contributed by atoms with E-state index < -0.39 is 13.1 Å². The van der Waals surface area contributed by atoms with Crippen LogP contribution in [-0.4, -0.2) is 19.5 Å². The summed E-state index contributed by atoms with van der Waals surface area (Å²) < 4.78 is 28.8. The quantitative estimate of drug-likeness (QED) is 0.708. The van der Waals surface area contributed by atoms with Crippen molar-refractivity contribution in [1.29, 1.82) is 0 Å². The minimum atomic E-state index is -3.26. The predicted octanol–water partition coefficient (Wildman–Crippen LogP) is 4.73. The summed E-state index contributed by atoms with van der Waals surface area (Å²) in [6.07, 6.45) is 1.23. The number of benzene rings is 1.